The van der Waals surface area contributed by atoms with Gasteiger partial charge in [-0.2, -0.15) is 0 Å². The maximum absolute atomic E-state index is 12.6. The van der Waals surface area contributed by atoms with Gasteiger partial charge < -0.3 is 14.9 Å². The van der Waals surface area contributed by atoms with Crippen LogP contribution in [0, 0.1) is 5.41 Å². The maximum atomic E-state index is 12.6. The Labute approximate surface area is 120 Å². The maximum Gasteiger partial charge on any atom is 0.323 e. The minimum atomic E-state index is -0.914. The molecule has 5 nitrogen and oxygen atoms in total. The minimum absolute atomic E-state index is 0.0743. The first-order chi connectivity index (χ1) is 9.39. The molecule has 1 saturated heterocycles. The van der Waals surface area contributed by atoms with Crippen LogP contribution in [0.15, 0.2) is 0 Å². The molecule has 0 bridgehead atoms. The quantitative estimate of drug-likeness (QED) is 0.865. The summed E-state index contributed by atoms with van der Waals surface area (Å²) in [6, 6.07) is 0.0448. The number of piperidine rings is 1. The number of carboxylic acid groups (broad SMARTS) is 1. The third-order valence-corrected chi connectivity index (χ3v) is 4.70. The Morgan fingerprint density at radius 3 is 2.25 bits per heavy atom. The number of nitrogens with zero attached hydrogens (tertiary/aromatic N) is 2. The Balaban J connectivity index is 2.00. The predicted molar refractivity (Wildman–Crippen MR) is 76.6 cm³/mol. The van der Waals surface area contributed by atoms with Gasteiger partial charge in [0, 0.05) is 19.1 Å². The smallest absolute Gasteiger partial charge is 0.323 e. The fraction of sp³-hybridized carbons (Fsp3) is 0.867. The van der Waals surface area contributed by atoms with Crippen LogP contribution in [0.2, 0.25) is 0 Å². The highest BCUT2D eigenvalue weighted by atomic mass is 16.4. The molecule has 0 unspecified atom stereocenters. The summed E-state index contributed by atoms with van der Waals surface area (Å²) in [5, 5.41) is 9.06. The van der Waals surface area contributed by atoms with Crippen LogP contribution >= 0.6 is 0 Å². The first kappa shape index (κ1) is 15.1. The standard InChI is InChI=1S/C15H26N2O3/c1-15(2)7-9-16(10-8-15)14(20)17(11-13(18)19)12-5-3-4-6-12/h12H,3-11H2,1-2H3,(H,18,19). The van der Waals surface area contributed by atoms with Gasteiger partial charge in [-0.05, 0) is 31.1 Å². The average molecular weight is 282 g/mol. The first-order valence-electron chi connectivity index (χ1n) is 7.66. The molecule has 1 aliphatic carbocycles. The number of rotatable bonds is 3. The second-order valence-electron chi connectivity index (χ2n) is 6.89. The van der Waals surface area contributed by atoms with E-state index in [0.717, 1.165) is 51.6 Å². The van der Waals surface area contributed by atoms with Gasteiger partial charge in [-0.25, -0.2) is 4.79 Å². The van der Waals surface area contributed by atoms with E-state index in [1.165, 1.54) is 0 Å². The summed E-state index contributed by atoms with van der Waals surface area (Å²) in [4.78, 5) is 27.1. The van der Waals surface area contributed by atoms with E-state index in [9.17, 15) is 9.59 Å². The lowest BCUT2D eigenvalue weighted by molar-refractivity contribution is -0.138. The summed E-state index contributed by atoms with van der Waals surface area (Å²) in [6.45, 7) is 5.77. The Bertz CT molecular complexity index is 365. The van der Waals surface area contributed by atoms with E-state index in [1.54, 1.807) is 4.90 Å². The van der Waals surface area contributed by atoms with Crippen LogP contribution in [0.4, 0.5) is 4.79 Å². The summed E-state index contributed by atoms with van der Waals surface area (Å²) in [5.74, 6) is -0.914. The summed E-state index contributed by atoms with van der Waals surface area (Å²) >= 11 is 0. The SMILES string of the molecule is CC1(C)CCN(C(=O)N(CC(=O)O)C2CCCC2)CC1. The fourth-order valence-electron chi connectivity index (χ4n) is 3.20. The molecular weight excluding hydrogens is 256 g/mol. The second kappa shape index (κ2) is 6.02. The van der Waals surface area contributed by atoms with Crippen LogP contribution in [0.1, 0.15) is 52.4 Å². The van der Waals surface area contributed by atoms with E-state index in [1.807, 2.05) is 4.90 Å². The molecule has 2 aliphatic rings. The van der Waals surface area contributed by atoms with Crippen molar-refractivity contribution in [1.29, 1.82) is 0 Å². The highest BCUT2D eigenvalue weighted by Gasteiger charge is 2.34. The van der Waals surface area contributed by atoms with Crippen LogP contribution < -0.4 is 0 Å². The van der Waals surface area contributed by atoms with Crippen molar-refractivity contribution in [2.24, 2.45) is 5.41 Å². The van der Waals surface area contributed by atoms with Gasteiger partial charge in [-0.15, -0.1) is 0 Å². The Hall–Kier alpha value is -1.26. The molecule has 114 valence electrons. The lowest BCUT2D eigenvalue weighted by Crippen LogP contribution is -2.52. The predicted octanol–water partition coefficient (Wildman–Crippen LogP) is 2.56. The van der Waals surface area contributed by atoms with Gasteiger partial charge in [0.15, 0.2) is 0 Å². The molecule has 5 heteroatoms. The molecule has 0 spiro atoms. The largest absolute Gasteiger partial charge is 0.480 e. The van der Waals surface area contributed by atoms with Crippen LogP contribution in [-0.4, -0.2) is 52.6 Å². The average Bonchev–Trinajstić information content (AvgIpc) is 2.88. The topological polar surface area (TPSA) is 60.9 Å². The number of amides is 2. The first-order valence-corrected chi connectivity index (χ1v) is 7.66. The lowest BCUT2D eigenvalue weighted by atomic mass is 9.83. The summed E-state index contributed by atoms with van der Waals surface area (Å²) in [7, 11) is 0. The molecule has 1 aliphatic heterocycles. The van der Waals surface area contributed by atoms with Crippen molar-refractivity contribution in [2.45, 2.75) is 58.4 Å². The number of hydrogen-bond acceptors (Lipinski definition) is 2. The number of aliphatic carboxylic acids is 1. The molecule has 2 amide bonds. The van der Waals surface area contributed by atoms with E-state index in [0.29, 0.717) is 5.41 Å². The van der Waals surface area contributed by atoms with Gasteiger partial charge in [0.2, 0.25) is 0 Å². The van der Waals surface area contributed by atoms with Crippen LogP contribution in [0.3, 0.4) is 0 Å². The van der Waals surface area contributed by atoms with Crippen molar-refractivity contribution in [3.8, 4) is 0 Å². The molecule has 0 aromatic carbocycles. The molecule has 1 N–H and O–H groups in total. The van der Waals surface area contributed by atoms with Crippen LogP contribution in [0.5, 0.6) is 0 Å². The van der Waals surface area contributed by atoms with Crippen molar-refractivity contribution in [2.75, 3.05) is 19.6 Å². The minimum Gasteiger partial charge on any atom is -0.480 e. The Morgan fingerprint density at radius 2 is 1.75 bits per heavy atom. The van der Waals surface area contributed by atoms with Crippen molar-refractivity contribution in [3.63, 3.8) is 0 Å². The molecular formula is C15H26N2O3. The van der Waals surface area contributed by atoms with Gasteiger partial charge in [0.05, 0.1) is 0 Å². The summed E-state index contributed by atoms with van der Waals surface area (Å²) in [6.07, 6.45) is 6.06. The zero-order chi connectivity index (χ0) is 14.8. The summed E-state index contributed by atoms with van der Waals surface area (Å²) in [5.41, 5.74) is 0.293. The Morgan fingerprint density at radius 1 is 1.20 bits per heavy atom. The van der Waals surface area contributed by atoms with E-state index < -0.39 is 5.97 Å². The van der Waals surface area contributed by atoms with E-state index in [-0.39, 0.29) is 18.6 Å². The molecule has 0 aromatic heterocycles. The molecule has 1 heterocycles. The molecule has 1 saturated carbocycles. The highest BCUT2D eigenvalue weighted by molar-refractivity contribution is 5.80. The molecule has 0 radical (unpaired) electrons. The van der Waals surface area contributed by atoms with Crippen LogP contribution in [0.25, 0.3) is 0 Å². The number of carboxylic acids is 1. The number of carbonyl (C=O) groups excluding carboxylic acids is 1. The number of urea groups is 1. The molecule has 20 heavy (non-hydrogen) atoms. The monoisotopic (exact) mass is 282 g/mol. The van der Waals surface area contributed by atoms with Crippen molar-refractivity contribution >= 4 is 12.0 Å². The molecule has 0 aromatic rings. The molecule has 0 atom stereocenters. The normalized spacial score (nSPS) is 22.8. The number of likely N-dealkylation sites (tertiary alicyclic amines) is 1. The van der Waals surface area contributed by atoms with Crippen LogP contribution in [-0.2, 0) is 4.79 Å². The fourth-order valence-corrected chi connectivity index (χ4v) is 3.20. The number of hydrogen-bond donors (Lipinski definition) is 1. The third kappa shape index (κ3) is 3.64. The highest BCUT2D eigenvalue weighted by Crippen LogP contribution is 2.31. The summed E-state index contributed by atoms with van der Waals surface area (Å²) < 4.78 is 0. The molecule has 2 rings (SSSR count). The van der Waals surface area contributed by atoms with Crippen molar-refractivity contribution in [1.82, 2.24) is 9.80 Å². The second-order valence-corrected chi connectivity index (χ2v) is 6.89. The number of carbonyl (C=O) groups is 2. The van der Waals surface area contributed by atoms with Gasteiger partial charge in [0.25, 0.3) is 0 Å². The lowest BCUT2D eigenvalue weighted by Gasteiger charge is -2.40. The third-order valence-electron chi connectivity index (χ3n) is 4.70. The van der Waals surface area contributed by atoms with E-state index in [2.05, 4.69) is 13.8 Å². The van der Waals surface area contributed by atoms with E-state index in [4.69, 9.17) is 5.11 Å². The van der Waals surface area contributed by atoms with Gasteiger partial charge in [-0.1, -0.05) is 26.7 Å². The zero-order valence-corrected chi connectivity index (χ0v) is 12.6. The van der Waals surface area contributed by atoms with Gasteiger partial charge in [-0.3, -0.25) is 4.79 Å². The van der Waals surface area contributed by atoms with Gasteiger partial charge in [0.1, 0.15) is 6.54 Å². The van der Waals surface area contributed by atoms with Crippen molar-refractivity contribution in [3.05, 3.63) is 0 Å². The Kier molecular flexibility index (Phi) is 4.55. The van der Waals surface area contributed by atoms with Crippen molar-refractivity contribution < 1.29 is 14.7 Å². The molecule has 2 fully saturated rings. The zero-order valence-electron chi connectivity index (χ0n) is 12.6. The van der Waals surface area contributed by atoms with E-state index >= 15 is 0 Å². The van der Waals surface area contributed by atoms with Gasteiger partial charge >= 0.3 is 12.0 Å².